The first kappa shape index (κ1) is 17.9. The average Bonchev–Trinajstić information content (AvgIpc) is 2.87. The first-order valence-corrected chi connectivity index (χ1v) is 7.17. The number of hydrogen-bond acceptors (Lipinski definition) is 6. The molecule has 0 atom stereocenters. The molecule has 0 saturated carbocycles. The summed E-state index contributed by atoms with van der Waals surface area (Å²) in [4.78, 5) is 20.2. The summed E-state index contributed by atoms with van der Waals surface area (Å²) in [6.07, 6.45) is 1.82. The minimum absolute atomic E-state index is 0. The Labute approximate surface area is 131 Å². The Balaban J connectivity index is 0.00000220. The van der Waals surface area contributed by atoms with E-state index in [0.717, 1.165) is 44.8 Å². The smallest absolute Gasteiger partial charge is 0.240 e. The molecule has 1 aliphatic heterocycles. The topological polar surface area (TPSA) is 74.5 Å². The summed E-state index contributed by atoms with van der Waals surface area (Å²) in [5, 5.41) is 7.15. The fourth-order valence-corrected chi connectivity index (χ4v) is 2.21. The molecule has 0 radical (unpaired) electrons. The molecular formula is C13H24ClN5O2. The summed E-state index contributed by atoms with van der Waals surface area (Å²) in [6, 6.07) is 0. The van der Waals surface area contributed by atoms with Crippen LogP contribution in [0.5, 0.6) is 0 Å². The van der Waals surface area contributed by atoms with E-state index in [1.807, 2.05) is 16.8 Å². The van der Waals surface area contributed by atoms with Gasteiger partial charge in [-0.2, -0.15) is 4.98 Å². The van der Waals surface area contributed by atoms with Crippen molar-refractivity contribution in [1.82, 2.24) is 25.3 Å². The van der Waals surface area contributed by atoms with E-state index in [9.17, 15) is 4.79 Å². The van der Waals surface area contributed by atoms with Crippen LogP contribution >= 0.6 is 12.4 Å². The number of likely N-dealkylation sites (N-methyl/N-ethyl adjacent to an activating group) is 1. The summed E-state index contributed by atoms with van der Waals surface area (Å²) in [5.74, 6) is 1.47. The van der Waals surface area contributed by atoms with Gasteiger partial charge in [0, 0.05) is 32.6 Å². The molecule has 0 unspecified atom stereocenters. The molecule has 1 N–H and O–H groups in total. The van der Waals surface area contributed by atoms with Crippen LogP contribution in [0.4, 0.5) is 0 Å². The highest BCUT2D eigenvalue weighted by atomic mass is 35.5. The lowest BCUT2D eigenvalue weighted by atomic mass is 10.3. The summed E-state index contributed by atoms with van der Waals surface area (Å²) in [6.45, 7) is 6.29. The molecule has 1 fully saturated rings. The van der Waals surface area contributed by atoms with Crippen LogP contribution in [0.2, 0.25) is 0 Å². The monoisotopic (exact) mass is 317 g/mol. The Bertz CT molecular complexity index is 434. The SMILES string of the molecule is CCCc1noc(CN(C)CC(=O)N2CCNCC2)n1.Cl. The number of hydrogen-bond donors (Lipinski definition) is 1. The second kappa shape index (κ2) is 8.96. The summed E-state index contributed by atoms with van der Waals surface area (Å²) < 4.78 is 5.18. The van der Waals surface area contributed by atoms with E-state index < -0.39 is 0 Å². The molecule has 1 amide bonds. The Hall–Kier alpha value is -1.18. The molecule has 0 spiro atoms. The summed E-state index contributed by atoms with van der Waals surface area (Å²) in [5.41, 5.74) is 0. The van der Waals surface area contributed by atoms with Gasteiger partial charge in [0.25, 0.3) is 0 Å². The van der Waals surface area contributed by atoms with E-state index in [2.05, 4.69) is 22.4 Å². The highest BCUT2D eigenvalue weighted by Crippen LogP contribution is 2.04. The minimum atomic E-state index is 0. The van der Waals surface area contributed by atoms with E-state index in [0.29, 0.717) is 19.0 Å². The Morgan fingerprint density at radius 1 is 1.43 bits per heavy atom. The molecule has 0 bridgehead atoms. The van der Waals surface area contributed by atoms with Crippen LogP contribution in [0.1, 0.15) is 25.1 Å². The molecule has 2 rings (SSSR count). The fraction of sp³-hybridized carbons (Fsp3) is 0.769. The van der Waals surface area contributed by atoms with Gasteiger partial charge in [-0.3, -0.25) is 9.69 Å². The number of carbonyl (C=O) groups is 1. The zero-order chi connectivity index (χ0) is 14.4. The number of carbonyl (C=O) groups excluding carboxylic acids is 1. The van der Waals surface area contributed by atoms with Gasteiger partial charge in [-0.1, -0.05) is 12.1 Å². The number of aromatic nitrogens is 2. The van der Waals surface area contributed by atoms with Crippen LogP contribution in [0.25, 0.3) is 0 Å². The molecule has 1 aliphatic rings. The van der Waals surface area contributed by atoms with Gasteiger partial charge in [-0.25, -0.2) is 0 Å². The third-order valence-corrected chi connectivity index (χ3v) is 3.26. The normalized spacial score (nSPS) is 15.1. The maximum atomic E-state index is 12.1. The predicted molar refractivity (Wildman–Crippen MR) is 81.3 cm³/mol. The summed E-state index contributed by atoms with van der Waals surface area (Å²) >= 11 is 0. The van der Waals surface area contributed by atoms with Crippen molar-refractivity contribution in [2.45, 2.75) is 26.3 Å². The predicted octanol–water partition coefficient (Wildman–Crippen LogP) is 0.308. The van der Waals surface area contributed by atoms with E-state index in [1.165, 1.54) is 0 Å². The molecule has 7 nitrogen and oxygen atoms in total. The average molecular weight is 318 g/mol. The molecule has 1 saturated heterocycles. The van der Waals surface area contributed by atoms with Crippen LogP contribution in [0, 0.1) is 0 Å². The molecule has 0 aliphatic carbocycles. The van der Waals surface area contributed by atoms with Crippen molar-refractivity contribution < 1.29 is 9.32 Å². The molecule has 8 heteroatoms. The lowest BCUT2D eigenvalue weighted by Gasteiger charge is -2.28. The van der Waals surface area contributed by atoms with E-state index in [4.69, 9.17) is 4.52 Å². The van der Waals surface area contributed by atoms with Crippen LogP contribution in [-0.2, 0) is 17.8 Å². The summed E-state index contributed by atoms with van der Waals surface area (Å²) in [7, 11) is 1.89. The third-order valence-electron chi connectivity index (χ3n) is 3.26. The molecular weight excluding hydrogens is 294 g/mol. The standard InChI is InChI=1S/C13H23N5O2.ClH/c1-3-4-11-15-12(20-16-11)9-17(2)10-13(19)18-7-5-14-6-8-18;/h14H,3-10H2,1-2H3;1H. The highest BCUT2D eigenvalue weighted by molar-refractivity contribution is 5.85. The van der Waals surface area contributed by atoms with Crippen molar-refractivity contribution in [1.29, 1.82) is 0 Å². The zero-order valence-corrected chi connectivity index (χ0v) is 13.5. The van der Waals surface area contributed by atoms with Crippen molar-refractivity contribution in [2.24, 2.45) is 0 Å². The van der Waals surface area contributed by atoms with Crippen molar-refractivity contribution in [3.05, 3.63) is 11.7 Å². The molecule has 0 aromatic carbocycles. The van der Waals surface area contributed by atoms with Crippen LogP contribution in [0.15, 0.2) is 4.52 Å². The number of halogens is 1. The molecule has 120 valence electrons. The minimum Gasteiger partial charge on any atom is -0.339 e. The highest BCUT2D eigenvalue weighted by Gasteiger charge is 2.18. The number of nitrogens with one attached hydrogen (secondary N) is 1. The Morgan fingerprint density at radius 2 is 2.14 bits per heavy atom. The Kier molecular flexibility index (Phi) is 7.63. The zero-order valence-electron chi connectivity index (χ0n) is 12.7. The van der Waals surface area contributed by atoms with Crippen LogP contribution in [-0.4, -0.2) is 65.6 Å². The van der Waals surface area contributed by atoms with Crippen LogP contribution in [0.3, 0.4) is 0 Å². The quantitative estimate of drug-likeness (QED) is 0.814. The number of nitrogens with zero attached hydrogens (tertiary/aromatic N) is 4. The molecule has 21 heavy (non-hydrogen) atoms. The first-order chi connectivity index (χ1) is 9.69. The second-order valence-corrected chi connectivity index (χ2v) is 5.16. The van der Waals surface area contributed by atoms with Crippen molar-refractivity contribution in [3.63, 3.8) is 0 Å². The maximum absolute atomic E-state index is 12.1. The van der Waals surface area contributed by atoms with Crippen molar-refractivity contribution >= 4 is 18.3 Å². The second-order valence-electron chi connectivity index (χ2n) is 5.16. The van der Waals surface area contributed by atoms with Crippen molar-refractivity contribution in [3.8, 4) is 0 Å². The molecule has 2 heterocycles. The fourth-order valence-electron chi connectivity index (χ4n) is 2.21. The number of aryl methyl sites for hydroxylation is 1. The van der Waals surface area contributed by atoms with Gasteiger partial charge in [-0.15, -0.1) is 12.4 Å². The Morgan fingerprint density at radius 3 is 2.81 bits per heavy atom. The van der Waals surface area contributed by atoms with Crippen molar-refractivity contribution in [2.75, 3.05) is 39.8 Å². The lowest BCUT2D eigenvalue weighted by molar-refractivity contribution is -0.132. The van der Waals surface area contributed by atoms with Gasteiger partial charge in [0.1, 0.15) is 0 Å². The number of piperazine rings is 1. The van der Waals surface area contributed by atoms with E-state index >= 15 is 0 Å². The maximum Gasteiger partial charge on any atom is 0.240 e. The van der Waals surface area contributed by atoms with Gasteiger partial charge in [0.05, 0.1) is 13.1 Å². The van der Waals surface area contributed by atoms with Gasteiger partial charge < -0.3 is 14.7 Å². The van der Waals surface area contributed by atoms with Crippen LogP contribution < -0.4 is 5.32 Å². The molecule has 1 aromatic rings. The largest absolute Gasteiger partial charge is 0.339 e. The molecule has 1 aromatic heterocycles. The number of amides is 1. The third kappa shape index (κ3) is 5.61. The van der Waals surface area contributed by atoms with Gasteiger partial charge in [0.15, 0.2) is 5.82 Å². The van der Waals surface area contributed by atoms with E-state index in [1.54, 1.807) is 0 Å². The first-order valence-electron chi connectivity index (χ1n) is 7.17. The van der Waals surface area contributed by atoms with Gasteiger partial charge >= 0.3 is 0 Å². The van der Waals surface area contributed by atoms with E-state index in [-0.39, 0.29) is 18.3 Å². The van der Waals surface area contributed by atoms with Gasteiger partial charge in [0.2, 0.25) is 11.8 Å². The lowest BCUT2D eigenvalue weighted by Crippen LogP contribution is -2.49. The number of rotatable bonds is 6. The van der Waals surface area contributed by atoms with Gasteiger partial charge in [-0.05, 0) is 13.5 Å².